The number of urea groups is 1. The number of carbonyl (C=O) groups is 2. The van der Waals surface area contributed by atoms with Crippen LogP contribution in [0.4, 0.5) is 4.79 Å². The van der Waals surface area contributed by atoms with Crippen molar-refractivity contribution in [1.29, 1.82) is 0 Å². The minimum absolute atomic E-state index is 0.0967. The molecule has 1 atom stereocenters. The minimum atomic E-state index is -0.430. The van der Waals surface area contributed by atoms with E-state index in [9.17, 15) is 9.59 Å². The van der Waals surface area contributed by atoms with Crippen molar-refractivity contribution in [3.05, 3.63) is 29.8 Å². The number of hydrogen-bond donors (Lipinski definition) is 3. The van der Waals surface area contributed by atoms with E-state index in [1.54, 1.807) is 0 Å². The van der Waals surface area contributed by atoms with Crippen molar-refractivity contribution in [2.45, 2.75) is 38.6 Å². The lowest BCUT2D eigenvalue weighted by Crippen LogP contribution is -2.49. The van der Waals surface area contributed by atoms with Crippen molar-refractivity contribution < 1.29 is 14.3 Å². The Labute approximate surface area is 137 Å². The van der Waals surface area contributed by atoms with E-state index in [0.717, 1.165) is 24.2 Å². The molecule has 1 aliphatic rings. The van der Waals surface area contributed by atoms with E-state index in [1.807, 2.05) is 31.2 Å². The smallest absolute Gasteiger partial charge is 0.315 e. The molecule has 2 rings (SSSR count). The number of nitrogens with one attached hydrogen (secondary N) is 3. The predicted molar refractivity (Wildman–Crippen MR) is 88.5 cm³/mol. The van der Waals surface area contributed by atoms with Crippen molar-refractivity contribution >= 4 is 11.9 Å². The Kier molecular flexibility index (Phi) is 6.72. The highest BCUT2D eigenvalue weighted by molar-refractivity contribution is 5.87. The second kappa shape index (κ2) is 9.02. The van der Waals surface area contributed by atoms with Gasteiger partial charge in [-0.25, -0.2) is 4.79 Å². The lowest BCUT2D eigenvalue weighted by Gasteiger charge is -2.16. The molecule has 126 valence electrons. The van der Waals surface area contributed by atoms with Gasteiger partial charge in [0.05, 0.1) is 6.61 Å². The van der Waals surface area contributed by atoms with Gasteiger partial charge in [0.25, 0.3) is 0 Å². The van der Waals surface area contributed by atoms with Crippen molar-refractivity contribution in [3.63, 3.8) is 0 Å². The Morgan fingerprint density at radius 3 is 3.00 bits per heavy atom. The first-order valence-electron chi connectivity index (χ1n) is 8.17. The summed E-state index contributed by atoms with van der Waals surface area (Å²) in [5.74, 6) is 0.771. The quantitative estimate of drug-likeness (QED) is 0.699. The molecule has 0 aromatic heterocycles. The van der Waals surface area contributed by atoms with Crippen molar-refractivity contribution in [3.8, 4) is 5.75 Å². The van der Waals surface area contributed by atoms with Crippen molar-refractivity contribution in [2.75, 3.05) is 19.7 Å². The zero-order chi connectivity index (χ0) is 16.5. The topological polar surface area (TPSA) is 79.5 Å². The van der Waals surface area contributed by atoms with Crippen LogP contribution in [0, 0.1) is 6.92 Å². The van der Waals surface area contributed by atoms with Crippen LogP contribution in [0.25, 0.3) is 0 Å². The summed E-state index contributed by atoms with van der Waals surface area (Å²) >= 11 is 0. The van der Waals surface area contributed by atoms with Crippen LogP contribution in [0.5, 0.6) is 5.75 Å². The van der Waals surface area contributed by atoms with E-state index in [2.05, 4.69) is 16.0 Å². The minimum Gasteiger partial charge on any atom is -0.493 e. The summed E-state index contributed by atoms with van der Waals surface area (Å²) < 4.78 is 5.67. The first kappa shape index (κ1) is 17.1. The fraction of sp³-hybridized carbons (Fsp3) is 0.529. The van der Waals surface area contributed by atoms with Gasteiger partial charge in [0, 0.05) is 13.1 Å². The molecule has 1 saturated heterocycles. The molecule has 0 unspecified atom stereocenters. The van der Waals surface area contributed by atoms with Gasteiger partial charge in [-0.1, -0.05) is 18.2 Å². The molecule has 6 nitrogen and oxygen atoms in total. The molecular formula is C17H25N3O3. The molecule has 3 amide bonds. The van der Waals surface area contributed by atoms with Crippen LogP contribution >= 0.6 is 0 Å². The van der Waals surface area contributed by atoms with E-state index < -0.39 is 6.04 Å². The molecule has 1 aromatic rings. The molecule has 1 aliphatic heterocycles. The highest BCUT2D eigenvalue weighted by atomic mass is 16.5. The van der Waals surface area contributed by atoms with E-state index in [0.29, 0.717) is 32.5 Å². The lowest BCUT2D eigenvalue weighted by atomic mass is 10.1. The highest BCUT2D eigenvalue weighted by Crippen LogP contribution is 2.15. The number of aryl methyl sites for hydroxylation is 1. The molecule has 0 spiro atoms. The number of para-hydroxylation sites is 1. The average molecular weight is 319 g/mol. The van der Waals surface area contributed by atoms with Crippen LogP contribution in [0.1, 0.15) is 31.2 Å². The second-order valence-electron chi connectivity index (χ2n) is 5.71. The number of hydrogen-bond acceptors (Lipinski definition) is 3. The Balaban J connectivity index is 1.61. The standard InChI is InChI=1S/C17H25N3O3/c1-13-7-2-3-9-15(13)23-12-6-11-19-17(22)20-14-8-4-5-10-18-16(14)21/h2-3,7,9,14H,4-6,8,10-12H2,1H3,(H,18,21)(H2,19,20,22)/t14-/m1/s1. The monoisotopic (exact) mass is 319 g/mol. The van der Waals surface area contributed by atoms with Crippen molar-refractivity contribution in [1.82, 2.24) is 16.0 Å². The normalized spacial score (nSPS) is 17.8. The largest absolute Gasteiger partial charge is 0.493 e. The summed E-state index contributed by atoms with van der Waals surface area (Å²) in [7, 11) is 0. The number of rotatable bonds is 6. The van der Waals surface area contributed by atoms with Gasteiger partial charge < -0.3 is 20.7 Å². The zero-order valence-electron chi connectivity index (χ0n) is 13.6. The van der Waals surface area contributed by atoms with Crippen LogP contribution in [0.15, 0.2) is 24.3 Å². The molecule has 1 aromatic carbocycles. The Morgan fingerprint density at radius 2 is 2.17 bits per heavy atom. The summed E-state index contributed by atoms with van der Waals surface area (Å²) in [5.41, 5.74) is 1.09. The molecule has 3 N–H and O–H groups in total. The van der Waals surface area contributed by atoms with Crippen LogP contribution in [-0.4, -0.2) is 37.7 Å². The maximum Gasteiger partial charge on any atom is 0.315 e. The van der Waals surface area contributed by atoms with Gasteiger partial charge in [-0.3, -0.25) is 4.79 Å². The summed E-state index contributed by atoms with van der Waals surface area (Å²) in [6, 6.07) is 7.10. The van der Waals surface area contributed by atoms with Gasteiger partial charge in [0.1, 0.15) is 11.8 Å². The van der Waals surface area contributed by atoms with Crippen LogP contribution in [-0.2, 0) is 4.79 Å². The SMILES string of the molecule is Cc1ccccc1OCCCNC(=O)N[C@@H]1CCCCNC1=O. The van der Waals surface area contributed by atoms with E-state index in [4.69, 9.17) is 4.74 Å². The molecule has 0 saturated carbocycles. The van der Waals surface area contributed by atoms with Gasteiger partial charge in [-0.2, -0.15) is 0 Å². The molecule has 6 heteroatoms. The molecule has 0 radical (unpaired) electrons. The number of ether oxygens (including phenoxy) is 1. The molecule has 1 fully saturated rings. The average Bonchev–Trinajstić information content (AvgIpc) is 2.74. The Hall–Kier alpha value is -2.24. The first-order valence-corrected chi connectivity index (χ1v) is 8.17. The molecule has 0 aliphatic carbocycles. The van der Waals surface area contributed by atoms with Crippen molar-refractivity contribution in [2.24, 2.45) is 0 Å². The Bertz CT molecular complexity index is 534. The molecule has 23 heavy (non-hydrogen) atoms. The fourth-order valence-corrected chi connectivity index (χ4v) is 2.46. The number of benzene rings is 1. The van der Waals surface area contributed by atoms with Crippen LogP contribution in [0.2, 0.25) is 0 Å². The third-order valence-electron chi connectivity index (χ3n) is 3.80. The maximum atomic E-state index is 11.8. The molecular weight excluding hydrogens is 294 g/mol. The summed E-state index contributed by atoms with van der Waals surface area (Å²) in [5, 5.41) is 8.28. The van der Waals surface area contributed by atoms with E-state index in [-0.39, 0.29) is 11.9 Å². The van der Waals surface area contributed by atoms with Gasteiger partial charge in [0.15, 0.2) is 0 Å². The zero-order valence-corrected chi connectivity index (χ0v) is 13.6. The molecule has 0 bridgehead atoms. The van der Waals surface area contributed by atoms with Gasteiger partial charge >= 0.3 is 6.03 Å². The summed E-state index contributed by atoms with van der Waals surface area (Å²) in [6.45, 7) is 3.73. The molecule has 1 heterocycles. The number of amides is 3. The third-order valence-corrected chi connectivity index (χ3v) is 3.80. The first-order chi connectivity index (χ1) is 11.2. The maximum absolute atomic E-state index is 11.8. The fourth-order valence-electron chi connectivity index (χ4n) is 2.46. The summed E-state index contributed by atoms with van der Waals surface area (Å²) in [4.78, 5) is 23.6. The van der Waals surface area contributed by atoms with Gasteiger partial charge in [-0.15, -0.1) is 0 Å². The lowest BCUT2D eigenvalue weighted by molar-refractivity contribution is -0.122. The predicted octanol–water partition coefficient (Wildman–Crippen LogP) is 1.73. The second-order valence-corrected chi connectivity index (χ2v) is 5.71. The summed E-state index contributed by atoms with van der Waals surface area (Å²) in [6.07, 6.45) is 3.30. The number of carbonyl (C=O) groups excluding carboxylic acids is 2. The van der Waals surface area contributed by atoms with Crippen LogP contribution in [0.3, 0.4) is 0 Å². The Morgan fingerprint density at radius 1 is 1.35 bits per heavy atom. The van der Waals surface area contributed by atoms with Gasteiger partial charge in [0.2, 0.25) is 5.91 Å². The van der Waals surface area contributed by atoms with Crippen LogP contribution < -0.4 is 20.7 Å². The third kappa shape index (κ3) is 5.81. The highest BCUT2D eigenvalue weighted by Gasteiger charge is 2.21. The van der Waals surface area contributed by atoms with E-state index in [1.165, 1.54) is 0 Å². The van der Waals surface area contributed by atoms with Gasteiger partial charge in [-0.05, 0) is 44.2 Å². The van der Waals surface area contributed by atoms with E-state index >= 15 is 0 Å².